The van der Waals surface area contributed by atoms with Crippen molar-refractivity contribution in [1.29, 1.82) is 0 Å². The Bertz CT molecular complexity index is 68.9. The Hall–Kier alpha value is -0.340. The van der Waals surface area contributed by atoms with E-state index in [0.717, 1.165) is 6.42 Å². The second-order valence-electron chi connectivity index (χ2n) is 1.72. The fourth-order valence-electron chi connectivity index (χ4n) is 0.499. The summed E-state index contributed by atoms with van der Waals surface area (Å²) in [6, 6.07) is 0. The highest BCUT2D eigenvalue weighted by molar-refractivity contribution is 4.78. The van der Waals surface area contributed by atoms with Crippen molar-refractivity contribution in [2.75, 3.05) is 0 Å². The minimum atomic E-state index is -1.24. The van der Waals surface area contributed by atoms with Crippen LogP contribution in [0.25, 0.3) is 0 Å². The Labute approximate surface area is 49.5 Å². The maximum atomic E-state index is 8.50. The fraction of sp³-hybridized carbons (Fsp3) is 0.667. The third kappa shape index (κ3) is 2.09. The van der Waals surface area contributed by atoms with Crippen molar-refractivity contribution in [3.05, 3.63) is 12.7 Å². The predicted octanol–water partition coefficient (Wildman–Crippen LogP) is 0.509. The van der Waals surface area contributed by atoms with Gasteiger partial charge in [0.05, 0.1) is 0 Å². The molecule has 2 heteroatoms. The summed E-state index contributed by atoms with van der Waals surface area (Å²) in [7, 11) is 0. The van der Waals surface area contributed by atoms with Crippen LogP contribution in [0, 0.1) is 5.92 Å². The van der Waals surface area contributed by atoms with Gasteiger partial charge in [-0.15, -0.1) is 6.58 Å². The van der Waals surface area contributed by atoms with Crippen molar-refractivity contribution in [2.45, 2.75) is 19.6 Å². The van der Waals surface area contributed by atoms with Gasteiger partial charge in [-0.05, 0) is 6.42 Å². The van der Waals surface area contributed by atoms with Gasteiger partial charge in [0.15, 0.2) is 6.29 Å². The average molecular weight is 116 g/mol. The lowest BCUT2D eigenvalue weighted by molar-refractivity contribution is -0.0705. The molecular formula is C6H12O2. The van der Waals surface area contributed by atoms with Gasteiger partial charge in [-0.25, -0.2) is 0 Å². The first-order valence-corrected chi connectivity index (χ1v) is 2.71. The summed E-state index contributed by atoms with van der Waals surface area (Å²) in [5.41, 5.74) is 0. The van der Waals surface area contributed by atoms with E-state index in [1.807, 2.05) is 6.92 Å². The van der Waals surface area contributed by atoms with Gasteiger partial charge >= 0.3 is 0 Å². The Morgan fingerprint density at radius 3 is 2.12 bits per heavy atom. The summed E-state index contributed by atoms with van der Waals surface area (Å²) < 4.78 is 0. The van der Waals surface area contributed by atoms with Crippen LogP contribution in [0.15, 0.2) is 12.7 Å². The van der Waals surface area contributed by atoms with E-state index in [2.05, 4.69) is 6.58 Å². The normalized spacial score (nSPS) is 14.0. The van der Waals surface area contributed by atoms with Crippen LogP contribution in [-0.4, -0.2) is 16.5 Å². The molecule has 48 valence electrons. The Balaban J connectivity index is 3.51. The average Bonchev–Trinajstić information content (AvgIpc) is 1.69. The molecule has 0 rings (SSSR count). The molecule has 0 saturated carbocycles. The third-order valence-electron chi connectivity index (χ3n) is 1.16. The molecule has 0 fully saturated rings. The molecule has 0 radical (unpaired) electrons. The summed E-state index contributed by atoms with van der Waals surface area (Å²) in [6.07, 6.45) is 1.03. The van der Waals surface area contributed by atoms with E-state index in [1.165, 1.54) is 0 Å². The first kappa shape index (κ1) is 7.66. The molecule has 0 amide bonds. The number of rotatable bonds is 3. The molecule has 0 heterocycles. The highest BCUT2D eigenvalue weighted by atomic mass is 16.5. The highest BCUT2D eigenvalue weighted by Crippen LogP contribution is 2.05. The van der Waals surface area contributed by atoms with Crippen LogP contribution in [0.3, 0.4) is 0 Å². The molecule has 0 spiro atoms. The SMILES string of the molecule is C=CC(CC)C(O)O. The lowest BCUT2D eigenvalue weighted by Gasteiger charge is -2.09. The van der Waals surface area contributed by atoms with Gasteiger partial charge in [0.2, 0.25) is 0 Å². The fourth-order valence-corrected chi connectivity index (χ4v) is 0.499. The van der Waals surface area contributed by atoms with Crippen LogP contribution in [-0.2, 0) is 0 Å². The van der Waals surface area contributed by atoms with E-state index in [-0.39, 0.29) is 5.92 Å². The van der Waals surface area contributed by atoms with Crippen molar-refractivity contribution >= 4 is 0 Å². The van der Waals surface area contributed by atoms with Gasteiger partial charge in [0.25, 0.3) is 0 Å². The number of aliphatic hydroxyl groups is 2. The summed E-state index contributed by atoms with van der Waals surface area (Å²) in [5.74, 6) is -0.171. The van der Waals surface area contributed by atoms with Crippen molar-refractivity contribution in [2.24, 2.45) is 5.92 Å². The molecule has 0 aliphatic carbocycles. The van der Waals surface area contributed by atoms with Gasteiger partial charge in [-0.1, -0.05) is 13.0 Å². The maximum Gasteiger partial charge on any atom is 0.157 e. The zero-order chi connectivity index (χ0) is 6.57. The Morgan fingerprint density at radius 1 is 1.62 bits per heavy atom. The lowest BCUT2D eigenvalue weighted by atomic mass is 10.1. The molecule has 1 unspecified atom stereocenters. The van der Waals surface area contributed by atoms with Crippen molar-refractivity contribution in [3.8, 4) is 0 Å². The molecule has 8 heavy (non-hydrogen) atoms. The van der Waals surface area contributed by atoms with E-state index in [0.29, 0.717) is 0 Å². The van der Waals surface area contributed by atoms with Crippen molar-refractivity contribution < 1.29 is 10.2 Å². The smallest absolute Gasteiger partial charge is 0.157 e. The number of hydrogen-bond acceptors (Lipinski definition) is 2. The molecule has 2 N–H and O–H groups in total. The molecule has 0 aromatic carbocycles. The molecule has 0 aliphatic heterocycles. The van der Waals surface area contributed by atoms with E-state index in [1.54, 1.807) is 6.08 Å². The Kier molecular flexibility index (Phi) is 3.48. The molecule has 0 saturated heterocycles. The highest BCUT2D eigenvalue weighted by Gasteiger charge is 2.07. The van der Waals surface area contributed by atoms with Crippen molar-refractivity contribution in [3.63, 3.8) is 0 Å². The molecule has 0 aliphatic rings. The molecular weight excluding hydrogens is 104 g/mol. The summed E-state index contributed by atoms with van der Waals surface area (Å²) >= 11 is 0. The standard InChI is InChI=1S/C6H12O2/c1-3-5(4-2)6(7)8/h3,5-8H,1,4H2,2H3. The van der Waals surface area contributed by atoms with Crippen LogP contribution in [0.5, 0.6) is 0 Å². The van der Waals surface area contributed by atoms with Crippen molar-refractivity contribution in [1.82, 2.24) is 0 Å². The largest absolute Gasteiger partial charge is 0.368 e. The second-order valence-corrected chi connectivity index (χ2v) is 1.72. The van der Waals surface area contributed by atoms with E-state index >= 15 is 0 Å². The third-order valence-corrected chi connectivity index (χ3v) is 1.16. The zero-order valence-corrected chi connectivity index (χ0v) is 5.04. The monoisotopic (exact) mass is 116 g/mol. The van der Waals surface area contributed by atoms with Crippen LogP contribution >= 0.6 is 0 Å². The van der Waals surface area contributed by atoms with E-state index < -0.39 is 6.29 Å². The molecule has 0 aromatic heterocycles. The predicted molar refractivity (Wildman–Crippen MR) is 32.2 cm³/mol. The molecule has 1 atom stereocenters. The van der Waals surface area contributed by atoms with Crippen LogP contribution in [0.2, 0.25) is 0 Å². The number of hydrogen-bond donors (Lipinski definition) is 2. The zero-order valence-electron chi connectivity index (χ0n) is 5.04. The summed E-state index contributed by atoms with van der Waals surface area (Å²) in [6.45, 7) is 5.31. The van der Waals surface area contributed by atoms with Gasteiger partial charge in [-0.3, -0.25) is 0 Å². The van der Waals surface area contributed by atoms with Gasteiger partial charge in [0.1, 0.15) is 0 Å². The number of aliphatic hydroxyl groups excluding tert-OH is 1. The first-order chi connectivity index (χ1) is 3.72. The van der Waals surface area contributed by atoms with Gasteiger partial charge in [-0.2, -0.15) is 0 Å². The topological polar surface area (TPSA) is 40.5 Å². The molecule has 2 nitrogen and oxygen atoms in total. The molecule has 0 aromatic rings. The maximum absolute atomic E-state index is 8.50. The minimum Gasteiger partial charge on any atom is -0.368 e. The van der Waals surface area contributed by atoms with E-state index in [4.69, 9.17) is 10.2 Å². The summed E-state index contributed by atoms with van der Waals surface area (Å²) in [4.78, 5) is 0. The van der Waals surface area contributed by atoms with Gasteiger partial charge in [0, 0.05) is 5.92 Å². The van der Waals surface area contributed by atoms with Crippen LogP contribution < -0.4 is 0 Å². The van der Waals surface area contributed by atoms with Gasteiger partial charge < -0.3 is 10.2 Å². The quantitative estimate of drug-likeness (QED) is 0.416. The summed E-state index contributed by atoms with van der Waals surface area (Å²) in [5, 5.41) is 17.0. The lowest BCUT2D eigenvalue weighted by Crippen LogP contribution is -2.15. The second kappa shape index (κ2) is 3.64. The molecule has 0 bridgehead atoms. The minimum absolute atomic E-state index is 0.171. The van der Waals surface area contributed by atoms with Crippen LogP contribution in [0.4, 0.5) is 0 Å². The first-order valence-electron chi connectivity index (χ1n) is 2.71. The van der Waals surface area contributed by atoms with E-state index in [9.17, 15) is 0 Å². The van der Waals surface area contributed by atoms with Crippen LogP contribution in [0.1, 0.15) is 13.3 Å². The Morgan fingerprint density at radius 2 is 2.12 bits per heavy atom.